The van der Waals surface area contributed by atoms with Crippen LogP contribution in [-0.4, -0.2) is 56.3 Å². The highest BCUT2D eigenvalue weighted by Crippen LogP contribution is 2.36. The third-order valence-corrected chi connectivity index (χ3v) is 9.06. The zero-order chi connectivity index (χ0) is 30.8. The SMILES string of the molecule is CCN(CC)CCNC(=O)c1c(C)[nH]c(C=C2C(=O)Nc3ccc(S(=O)(=O)Cc4ccc(C(F)(F)F)cc4)cc32)c1C. The van der Waals surface area contributed by atoms with E-state index in [1.54, 1.807) is 19.9 Å². The number of rotatable bonds is 10. The minimum absolute atomic E-state index is 0.0730. The number of amides is 2. The molecule has 12 heteroatoms. The number of alkyl halides is 3. The van der Waals surface area contributed by atoms with Crippen molar-refractivity contribution in [3.63, 3.8) is 0 Å². The monoisotopic (exact) mass is 602 g/mol. The van der Waals surface area contributed by atoms with Crippen LogP contribution in [0.4, 0.5) is 18.9 Å². The molecule has 0 spiro atoms. The number of sulfone groups is 1. The maximum Gasteiger partial charge on any atom is 0.416 e. The van der Waals surface area contributed by atoms with Gasteiger partial charge in [0, 0.05) is 35.7 Å². The summed E-state index contributed by atoms with van der Waals surface area (Å²) >= 11 is 0. The van der Waals surface area contributed by atoms with E-state index in [0.29, 0.717) is 40.3 Å². The molecule has 3 aromatic rings. The molecule has 4 rings (SSSR count). The van der Waals surface area contributed by atoms with E-state index in [2.05, 4.69) is 34.4 Å². The minimum atomic E-state index is -4.52. The van der Waals surface area contributed by atoms with E-state index in [0.717, 1.165) is 43.9 Å². The first-order valence-corrected chi connectivity index (χ1v) is 15.2. The Morgan fingerprint density at radius 1 is 1.05 bits per heavy atom. The van der Waals surface area contributed by atoms with E-state index in [1.807, 2.05) is 0 Å². The van der Waals surface area contributed by atoms with Gasteiger partial charge in [-0.2, -0.15) is 13.2 Å². The molecular weight excluding hydrogens is 569 g/mol. The molecule has 0 radical (unpaired) electrons. The van der Waals surface area contributed by atoms with Crippen molar-refractivity contribution in [2.75, 3.05) is 31.5 Å². The molecule has 8 nitrogen and oxygen atoms in total. The number of anilines is 1. The summed E-state index contributed by atoms with van der Waals surface area (Å²) in [6.45, 7) is 10.6. The molecule has 0 saturated carbocycles. The topological polar surface area (TPSA) is 111 Å². The van der Waals surface area contributed by atoms with Gasteiger partial charge in [-0.1, -0.05) is 26.0 Å². The first-order valence-electron chi connectivity index (χ1n) is 13.5. The maximum absolute atomic E-state index is 13.2. The van der Waals surface area contributed by atoms with Gasteiger partial charge >= 0.3 is 6.18 Å². The van der Waals surface area contributed by atoms with Crippen LogP contribution in [0.15, 0.2) is 47.4 Å². The number of benzene rings is 2. The van der Waals surface area contributed by atoms with E-state index < -0.39 is 33.2 Å². The van der Waals surface area contributed by atoms with E-state index in [1.165, 1.54) is 18.2 Å². The molecule has 0 fully saturated rings. The van der Waals surface area contributed by atoms with Crippen LogP contribution in [0.2, 0.25) is 0 Å². The number of hydrogen-bond acceptors (Lipinski definition) is 5. The summed E-state index contributed by atoms with van der Waals surface area (Å²) in [5.74, 6) is -1.17. The molecule has 0 unspecified atom stereocenters. The Balaban J connectivity index is 1.59. The third kappa shape index (κ3) is 6.60. The molecule has 2 amide bonds. The van der Waals surface area contributed by atoms with Gasteiger partial charge in [0.2, 0.25) is 0 Å². The fourth-order valence-corrected chi connectivity index (χ4v) is 6.33. The average Bonchev–Trinajstić information content (AvgIpc) is 3.39. The van der Waals surface area contributed by atoms with Crippen molar-refractivity contribution in [2.45, 2.75) is 44.5 Å². The highest BCUT2D eigenvalue weighted by molar-refractivity contribution is 7.90. The Labute approximate surface area is 242 Å². The highest BCUT2D eigenvalue weighted by atomic mass is 32.2. The van der Waals surface area contributed by atoms with Crippen LogP contribution in [0.3, 0.4) is 0 Å². The van der Waals surface area contributed by atoms with Crippen LogP contribution in [-0.2, 0) is 26.6 Å². The van der Waals surface area contributed by atoms with Gasteiger partial charge in [0.1, 0.15) is 0 Å². The molecule has 1 aliphatic rings. The number of carbonyl (C=O) groups is 2. The number of likely N-dealkylation sites (N-methyl/N-ethyl adjacent to an activating group) is 1. The lowest BCUT2D eigenvalue weighted by Crippen LogP contribution is -2.35. The number of nitrogens with one attached hydrogen (secondary N) is 3. The quantitative estimate of drug-likeness (QED) is 0.277. The van der Waals surface area contributed by atoms with Crippen LogP contribution in [0, 0.1) is 13.8 Å². The van der Waals surface area contributed by atoms with Crippen molar-refractivity contribution in [3.8, 4) is 0 Å². The molecular formula is C30H33F3N4O4S. The molecule has 1 aromatic heterocycles. The van der Waals surface area contributed by atoms with E-state index in [-0.39, 0.29) is 21.9 Å². The van der Waals surface area contributed by atoms with Crippen LogP contribution >= 0.6 is 0 Å². The number of halogens is 3. The lowest BCUT2D eigenvalue weighted by molar-refractivity contribution is -0.137. The van der Waals surface area contributed by atoms with Crippen molar-refractivity contribution in [1.82, 2.24) is 15.2 Å². The van der Waals surface area contributed by atoms with Gasteiger partial charge in [0.05, 0.1) is 27.3 Å². The molecule has 0 aliphatic carbocycles. The molecule has 2 heterocycles. The number of hydrogen-bond donors (Lipinski definition) is 3. The normalized spacial score (nSPS) is 14.4. The maximum atomic E-state index is 13.2. The lowest BCUT2D eigenvalue weighted by atomic mass is 10.0. The third-order valence-electron chi connectivity index (χ3n) is 7.37. The number of H-pyrrole nitrogens is 1. The number of fused-ring (bicyclic) bond motifs is 1. The summed E-state index contributed by atoms with van der Waals surface area (Å²) in [7, 11) is -3.95. The number of aromatic amines is 1. The molecule has 0 atom stereocenters. The first-order chi connectivity index (χ1) is 19.7. The van der Waals surface area contributed by atoms with Gasteiger partial charge in [-0.3, -0.25) is 9.59 Å². The second-order valence-corrected chi connectivity index (χ2v) is 12.1. The standard InChI is InChI=1S/C30H33F3N4O4S/c1-5-37(6-2)14-13-34-29(39)27-18(3)26(35-19(27)4)16-24-23-15-22(11-12-25(23)36-28(24)38)42(40,41)17-20-7-9-21(10-8-20)30(31,32)33/h7-12,15-16,35H,5-6,13-14,17H2,1-4H3,(H,34,39)(H,36,38). The molecule has 0 bridgehead atoms. The van der Waals surface area contributed by atoms with Gasteiger partial charge in [0.15, 0.2) is 9.84 Å². The Morgan fingerprint density at radius 2 is 1.71 bits per heavy atom. The van der Waals surface area contributed by atoms with E-state index >= 15 is 0 Å². The second-order valence-electron chi connectivity index (χ2n) is 10.1. The number of carbonyl (C=O) groups excluding carboxylic acids is 2. The smallest absolute Gasteiger partial charge is 0.358 e. The second kappa shape index (κ2) is 12.1. The van der Waals surface area contributed by atoms with Crippen LogP contribution in [0.1, 0.15) is 57.8 Å². The fourth-order valence-electron chi connectivity index (χ4n) is 4.96. The summed E-state index contributed by atoms with van der Waals surface area (Å²) in [6, 6.07) is 8.18. The Hall–Kier alpha value is -3.90. The molecule has 42 heavy (non-hydrogen) atoms. The lowest BCUT2D eigenvalue weighted by Gasteiger charge is -2.18. The van der Waals surface area contributed by atoms with Crippen LogP contribution in [0.5, 0.6) is 0 Å². The molecule has 224 valence electrons. The van der Waals surface area contributed by atoms with Crippen molar-refractivity contribution in [3.05, 3.63) is 81.7 Å². The number of aryl methyl sites for hydroxylation is 1. The van der Waals surface area contributed by atoms with Gasteiger partial charge in [-0.15, -0.1) is 0 Å². The van der Waals surface area contributed by atoms with Crippen molar-refractivity contribution >= 4 is 39.0 Å². The Bertz CT molecular complexity index is 1640. The average molecular weight is 603 g/mol. The van der Waals surface area contributed by atoms with Gasteiger partial charge < -0.3 is 20.5 Å². The summed E-state index contributed by atoms with van der Waals surface area (Å²) < 4.78 is 65.0. The zero-order valence-corrected chi connectivity index (χ0v) is 24.6. The fraction of sp³-hybridized carbons (Fsp3) is 0.333. The number of aromatic nitrogens is 1. The summed E-state index contributed by atoms with van der Waals surface area (Å²) in [6.07, 6.45) is -2.94. The molecule has 1 aliphatic heterocycles. The molecule has 3 N–H and O–H groups in total. The first kappa shape index (κ1) is 31.0. The van der Waals surface area contributed by atoms with Crippen LogP contribution < -0.4 is 10.6 Å². The predicted octanol–water partition coefficient (Wildman–Crippen LogP) is 5.19. The largest absolute Gasteiger partial charge is 0.416 e. The zero-order valence-electron chi connectivity index (χ0n) is 23.8. The highest BCUT2D eigenvalue weighted by Gasteiger charge is 2.31. The van der Waals surface area contributed by atoms with Gasteiger partial charge in [0.25, 0.3) is 11.8 Å². The van der Waals surface area contributed by atoms with E-state index in [4.69, 9.17) is 0 Å². The van der Waals surface area contributed by atoms with Crippen molar-refractivity contribution in [1.29, 1.82) is 0 Å². The van der Waals surface area contributed by atoms with Crippen molar-refractivity contribution in [2.24, 2.45) is 0 Å². The summed E-state index contributed by atoms with van der Waals surface area (Å²) in [5.41, 5.74) is 2.64. The van der Waals surface area contributed by atoms with E-state index in [9.17, 15) is 31.2 Å². The van der Waals surface area contributed by atoms with Crippen molar-refractivity contribution < 1.29 is 31.2 Å². The summed E-state index contributed by atoms with van der Waals surface area (Å²) in [4.78, 5) is 31.1. The molecule has 0 saturated heterocycles. The summed E-state index contributed by atoms with van der Waals surface area (Å²) in [5, 5.41) is 5.67. The van der Waals surface area contributed by atoms with Gasteiger partial charge in [-0.05, 0) is 74.5 Å². The Kier molecular flexibility index (Phi) is 8.98. The van der Waals surface area contributed by atoms with Crippen LogP contribution in [0.25, 0.3) is 11.6 Å². The van der Waals surface area contributed by atoms with Gasteiger partial charge in [-0.25, -0.2) is 8.42 Å². The Morgan fingerprint density at radius 3 is 2.33 bits per heavy atom. The predicted molar refractivity (Wildman–Crippen MR) is 156 cm³/mol. The minimum Gasteiger partial charge on any atom is -0.358 e. The molecule has 2 aromatic carbocycles. The number of nitrogens with zero attached hydrogens (tertiary/aromatic N) is 1.